The van der Waals surface area contributed by atoms with Crippen LogP contribution in [0.5, 0.6) is 0 Å². The first-order valence-corrected chi connectivity index (χ1v) is 8.34. The molecule has 114 valence electrons. The summed E-state index contributed by atoms with van der Waals surface area (Å²) in [6, 6.07) is 0.311. The summed E-state index contributed by atoms with van der Waals surface area (Å²) in [6.45, 7) is 6.07. The van der Waals surface area contributed by atoms with Crippen molar-refractivity contribution in [1.82, 2.24) is 5.32 Å². The third kappa shape index (κ3) is 2.74. The maximum atomic E-state index is 12.2. The molecule has 3 nitrogen and oxygen atoms in total. The van der Waals surface area contributed by atoms with Crippen LogP contribution in [0.3, 0.4) is 0 Å². The molecule has 4 aliphatic rings. The van der Waals surface area contributed by atoms with Crippen LogP contribution in [-0.4, -0.2) is 17.5 Å². The van der Waals surface area contributed by atoms with Gasteiger partial charge in [0.2, 0.25) is 5.91 Å². The van der Waals surface area contributed by atoms with Gasteiger partial charge in [-0.2, -0.15) is 0 Å². The van der Waals surface area contributed by atoms with Crippen LogP contribution in [0.2, 0.25) is 0 Å². The highest BCUT2D eigenvalue weighted by molar-refractivity contribution is 5.77. The second kappa shape index (κ2) is 4.72. The lowest BCUT2D eigenvalue weighted by molar-refractivity contribution is -0.126. The van der Waals surface area contributed by atoms with Crippen LogP contribution in [-0.2, 0) is 4.79 Å². The molecule has 4 fully saturated rings. The van der Waals surface area contributed by atoms with E-state index in [0.29, 0.717) is 17.9 Å². The first-order valence-electron chi connectivity index (χ1n) is 8.34. The topological polar surface area (TPSA) is 55.1 Å². The van der Waals surface area contributed by atoms with Crippen LogP contribution in [0.4, 0.5) is 0 Å². The zero-order chi connectivity index (χ0) is 14.5. The van der Waals surface area contributed by atoms with Gasteiger partial charge in [0.1, 0.15) is 0 Å². The van der Waals surface area contributed by atoms with Crippen LogP contribution in [0.25, 0.3) is 0 Å². The molecule has 4 bridgehead atoms. The maximum Gasteiger partial charge on any atom is 0.222 e. The summed E-state index contributed by atoms with van der Waals surface area (Å²) in [5.74, 6) is 2.94. The molecule has 0 heterocycles. The lowest BCUT2D eigenvalue weighted by atomic mass is 9.48. The summed E-state index contributed by atoms with van der Waals surface area (Å²) >= 11 is 0. The first-order chi connectivity index (χ1) is 9.26. The summed E-state index contributed by atoms with van der Waals surface area (Å²) < 4.78 is 0. The molecule has 4 rings (SSSR count). The Morgan fingerprint density at radius 3 is 2.05 bits per heavy atom. The highest BCUT2D eigenvalue weighted by Gasteiger charge is 2.53. The second-order valence-corrected chi connectivity index (χ2v) is 8.73. The zero-order valence-corrected chi connectivity index (χ0v) is 13.2. The fourth-order valence-corrected chi connectivity index (χ4v) is 5.57. The van der Waals surface area contributed by atoms with Gasteiger partial charge >= 0.3 is 0 Å². The Labute approximate surface area is 123 Å². The normalized spacial score (nSPS) is 40.7. The van der Waals surface area contributed by atoms with E-state index in [4.69, 9.17) is 5.73 Å². The molecule has 1 unspecified atom stereocenters. The molecular formula is C17H30N2O. The number of amides is 1. The van der Waals surface area contributed by atoms with E-state index in [-0.39, 0.29) is 5.91 Å². The van der Waals surface area contributed by atoms with Gasteiger partial charge in [-0.25, -0.2) is 0 Å². The summed E-state index contributed by atoms with van der Waals surface area (Å²) in [5.41, 5.74) is 5.94. The van der Waals surface area contributed by atoms with Crippen molar-refractivity contribution < 1.29 is 4.79 Å². The molecule has 3 N–H and O–H groups in total. The number of carbonyl (C=O) groups excluding carboxylic acids is 1. The van der Waals surface area contributed by atoms with Crippen molar-refractivity contribution in [2.24, 2.45) is 28.9 Å². The first kappa shape index (κ1) is 14.4. The summed E-state index contributed by atoms with van der Waals surface area (Å²) in [7, 11) is 0. The monoisotopic (exact) mass is 278 g/mol. The van der Waals surface area contributed by atoms with Crippen LogP contribution in [0, 0.1) is 23.2 Å². The number of rotatable bonds is 4. The molecule has 0 saturated heterocycles. The predicted octanol–water partition coefficient (Wildman–Crippen LogP) is 2.83. The third-order valence-electron chi connectivity index (χ3n) is 6.00. The molecule has 4 saturated carbocycles. The van der Waals surface area contributed by atoms with Gasteiger partial charge in [0, 0.05) is 18.0 Å². The number of nitrogens with one attached hydrogen (secondary N) is 1. The van der Waals surface area contributed by atoms with Crippen LogP contribution in [0.15, 0.2) is 0 Å². The molecule has 0 radical (unpaired) electrons. The minimum absolute atomic E-state index is 0.126. The van der Waals surface area contributed by atoms with E-state index in [1.807, 2.05) is 13.8 Å². The molecule has 0 aromatic carbocycles. The highest BCUT2D eigenvalue weighted by Crippen LogP contribution is 2.61. The largest absolute Gasteiger partial charge is 0.353 e. The maximum absolute atomic E-state index is 12.2. The Morgan fingerprint density at radius 2 is 1.65 bits per heavy atom. The van der Waals surface area contributed by atoms with Crippen molar-refractivity contribution in [3.8, 4) is 0 Å². The summed E-state index contributed by atoms with van der Waals surface area (Å²) in [4.78, 5) is 12.2. The van der Waals surface area contributed by atoms with E-state index in [9.17, 15) is 4.79 Å². The third-order valence-corrected chi connectivity index (χ3v) is 6.00. The van der Waals surface area contributed by atoms with E-state index in [0.717, 1.165) is 17.8 Å². The van der Waals surface area contributed by atoms with Gasteiger partial charge in [-0.3, -0.25) is 4.79 Å². The van der Waals surface area contributed by atoms with Gasteiger partial charge in [-0.05, 0) is 82.5 Å². The Bertz CT molecular complexity index is 361. The van der Waals surface area contributed by atoms with Crippen molar-refractivity contribution in [2.75, 3.05) is 0 Å². The lowest BCUT2D eigenvalue weighted by Crippen LogP contribution is -2.56. The average Bonchev–Trinajstić information content (AvgIpc) is 2.23. The van der Waals surface area contributed by atoms with Crippen LogP contribution < -0.4 is 11.1 Å². The van der Waals surface area contributed by atoms with Gasteiger partial charge in [-0.1, -0.05) is 0 Å². The fourth-order valence-electron chi connectivity index (χ4n) is 5.57. The zero-order valence-electron chi connectivity index (χ0n) is 13.2. The minimum atomic E-state index is -0.411. The van der Waals surface area contributed by atoms with Gasteiger partial charge in [0.05, 0.1) is 0 Å². The standard InChI is InChI=1S/C17H30N2O/c1-11(19-15(20)10-16(2,3)18)17-7-12-4-13(8-17)6-14(5-12)9-17/h11-14H,4-10,18H2,1-3H3,(H,19,20). The number of carbonyl (C=O) groups is 1. The van der Waals surface area contributed by atoms with Gasteiger partial charge in [0.15, 0.2) is 0 Å². The summed E-state index contributed by atoms with van der Waals surface area (Å²) in [6.07, 6.45) is 8.80. The average molecular weight is 278 g/mol. The van der Waals surface area contributed by atoms with E-state index in [2.05, 4.69) is 12.2 Å². The molecule has 1 amide bonds. The van der Waals surface area contributed by atoms with Crippen molar-refractivity contribution in [1.29, 1.82) is 0 Å². The van der Waals surface area contributed by atoms with E-state index in [1.165, 1.54) is 38.5 Å². The number of nitrogens with two attached hydrogens (primary N) is 1. The van der Waals surface area contributed by atoms with E-state index in [1.54, 1.807) is 0 Å². The van der Waals surface area contributed by atoms with Crippen molar-refractivity contribution in [3.63, 3.8) is 0 Å². The van der Waals surface area contributed by atoms with Gasteiger partial charge in [0.25, 0.3) is 0 Å². The SMILES string of the molecule is CC(NC(=O)CC(C)(C)N)C12CC3CC(CC(C3)C1)C2. The van der Waals surface area contributed by atoms with Crippen LogP contribution in [0.1, 0.15) is 65.7 Å². The molecule has 4 aliphatic carbocycles. The molecular weight excluding hydrogens is 248 g/mol. The van der Waals surface area contributed by atoms with Gasteiger partial charge < -0.3 is 11.1 Å². The number of hydrogen-bond acceptors (Lipinski definition) is 2. The fraction of sp³-hybridized carbons (Fsp3) is 0.941. The molecule has 0 spiro atoms. The molecule has 20 heavy (non-hydrogen) atoms. The molecule has 3 heteroatoms. The number of hydrogen-bond donors (Lipinski definition) is 2. The minimum Gasteiger partial charge on any atom is -0.353 e. The second-order valence-electron chi connectivity index (χ2n) is 8.73. The van der Waals surface area contributed by atoms with E-state index < -0.39 is 5.54 Å². The van der Waals surface area contributed by atoms with Crippen molar-refractivity contribution in [3.05, 3.63) is 0 Å². The predicted molar refractivity (Wildman–Crippen MR) is 81.1 cm³/mol. The van der Waals surface area contributed by atoms with Gasteiger partial charge in [-0.15, -0.1) is 0 Å². The Hall–Kier alpha value is -0.570. The highest BCUT2D eigenvalue weighted by atomic mass is 16.1. The molecule has 0 aromatic rings. The van der Waals surface area contributed by atoms with Crippen LogP contribution >= 0.6 is 0 Å². The van der Waals surface area contributed by atoms with E-state index >= 15 is 0 Å². The quantitative estimate of drug-likeness (QED) is 0.831. The van der Waals surface area contributed by atoms with Crippen molar-refractivity contribution >= 4 is 5.91 Å². The Morgan fingerprint density at radius 1 is 1.20 bits per heavy atom. The Kier molecular flexibility index (Phi) is 3.39. The van der Waals surface area contributed by atoms with Crippen molar-refractivity contribution in [2.45, 2.75) is 77.3 Å². The smallest absolute Gasteiger partial charge is 0.222 e. The molecule has 1 atom stereocenters. The molecule has 0 aliphatic heterocycles. The Balaban J connectivity index is 1.65. The molecule has 0 aromatic heterocycles. The summed E-state index contributed by atoms with van der Waals surface area (Å²) in [5, 5.41) is 3.27. The lowest BCUT2D eigenvalue weighted by Gasteiger charge is -2.59.